The van der Waals surface area contributed by atoms with Crippen LogP contribution in [0.1, 0.15) is 17.0 Å². The number of benzene rings is 1. The Hall–Kier alpha value is -1.59. The van der Waals surface area contributed by atoms with E-state index in [9.17, 15) is 4.39 Å². The van der Waals surface area contributed by atoms with Gasteiger partial charge in [0.25, 0.3) is 0 Å². The molecule has 0 aliphatic carbocycles. The maximum absolute atomic E-state index is 13.3. The van der Waals surface area contributed by atoms with Crippen molar-refractivity contribution in [3.05, 3.63) is 46.0 Å². The fourth-order valence-electron chi connectivity index (χ4n) is 1.78. The minimum absolute atomic E-state index is 0.185. The quantitative estimate of drug-likeness (QED) is 0.939. The predicted molar refractivity (Wildman–Crippen MR) is 69.6 cm³/mol. The second kappa shape index (κ2) is 5.59. The number of ether oxygens (including phenoxy) is 1. The summed E-state index contributed by atoms with van der Waals surface area (Å²) >= 11 is 6.09. The number of hydrogen-bond donors (Lipinski definition) is 1. The van der Waals surface area contributed by atoms with Crippen molar-refractivity contribution < 1.29 is 14.2 Å². The minimum atomic E-state index is -0.450. The maximum Gasteiger partial charge on any atom is 0.131 e. The summed E-state index contributed by atoms with van der Waals surface area (Å²) in [4.78, 5) is 0. The van der Waals surface area contributed by atoms with Crippen LogP contribution in [0.25, 0.3) is 0 Å². The molecular weight excluding hydrogens is 271 g/mol. The molecule has 1 aromatic carbocycles. The van der Waals surface area contributed by atoms with Crippen LogP contribution >= 0.6 is 11.6 Å². The molecule has 4 nitrogen and oxygen atoms in total. The summed E-state index contributed by atoms with van der Waals surface area (Å²) in [6.45, 7) is 1.75. The number of rotatable bonds is 4. The van der Waals surface area contributed by atoms with Crippen LogP contribution in [0.5, 0.6) is 5.75 Å². The van der Waals surface area contributed by atoms with Crippen LogP contribution in [-0.4, -0.2) is 14.9 Å². The summed E-state index contributed by atoms with van der Waals surface area (Å²) < 4.78 is 20.4. The van der Waals surface area contributed by atoms with Crippen LogP contribution in [-0.2, 0) is 20.3 Å². The molecule has 0 fully saturated rings. The van der Waals surface area contributed by atoms with Gasteiger partial charge < -0.3 is 9.84 Å². The molecule has 0 atom stereocenters. The Balaban J connectivity index is 2.16. The molecule has 0 saturated heterocycles. The second-order valence-corrected chi connectivity index (χ2v) is 4.59. The molecule has 0 saturated carbocycles. The Morgan fingerprint density at radius 2 is 2.16 bits per heavy atom. The summed E-state index contributed by atoms with van der Waals surface area (Å²) in [5.74, 6) is -0.104. The van der Waals surface area contributed by atoms with Gasteiger partial charge in [0, 0.05) is 13.1 Å². The van der Waals surface area contributed by atoms with E-state index in [2.05, 4.69) is 5.10 Å². The summed E-state index contributed by atoms with van der Waals surface area (Å²) in [6.07, 6.45) is 0. The van der Waals surface area contributed by atoms with Gasteiger partial charge in [0.2, 0.25) is 0 Å². The van der Waals surface area contributed by atoms with Gasteiger partial charge in [-0.2, -0.15) is 5.10 Å². The molecule has 102 valence electrons. The van der Waals surface area contributed by atoms with Gasteiger partial charge in [0.1, 0.15) is 18.2 Å². The number of aryl methyl sites for hydroxylation is 2. The SMILES string of the molecule is Cc1nn(C)c(COc2cc(F)cc(CO)c2)c1Cl. The Morgan fingerprint density at radius 3 is 2.74 bits per heavy atom. The fourth-order valence-corrected chi connectivity index (χ4v) is 2.00. The van der Waals surface area contributed by atoms with Crippen LogP contribution in [0.15, 0.2) is 18.2 Å². The topological polar surface area (TPSA) is 47.3 Å². The van der Waals surface area contributed by atoms with E-state index in [1.54, 1.807) is 24.7 Å². The molecule has 19 heavy (non-hydrogen) atoms. The Morgan fingerprint density at radius 1 is 1.42 bits per heavy atom. The molecule has 6 heteroatoms. The first-order valence-electron chi connectivity index (χ1n) is 5.72. The molecule has 0 aliphatic heterocycles. The van der Waals surface area contributed by atoms with Crippen molar-refractivity contribution in [1.82, 2.24) is 9.78 Å². The highest BCUT2D eigenvalue weighted by atomic mass is 35.5. The van der Waals surface area contributed by atoms with Crippen LogP contribution in [0, 0.1) is 12.7 Å². The van der Waals surface area contributed by atoms with Gasteiger partial charge in [0.05, 0.1) is 23.0 Å². The lowest BCUT2D eigenvalue weighted by Gasteiger charge is -2.08. The molecule has 0 radical (unpaired) electrons. The van der Waals surface area contributed by atoms with Crippen molar-refractivity contribution in [2.24, 2.45) is 7.05 Å². The third kappa shape index (κ3) is 3.05. The highest BCUT2D eigenvalue weighted by Gasteiger charge is 2.12. The predicted octanol–water partition coefficient (Wildman–Crippen LogP) is 2.59. The average molecular weight is 285 g/mol. The molecule has 1 N–H and O–H groups in total. The van der Waals surface area contributed by atoms with E-state index >= 15 is 0 Å². The fraction of sp³-hybridized carbons (Fsp3) is 0.308. The second-order valence-electron chi connectivity index (χ2n) is 4.21. The highest BCUT2D eigenvalue weighted by molar-refractivity contribution is 6.31. The zero-order valence-electron chi connectivity index (χ0n) is 10.7. The zero-order chi connectivity index (χ0) is 14.0. The Kier molecular flexibility index (Phi) is 4.07. The number of aromatic nitrogens is 2. The van der Waals surface area contributed by atoms with Gasteiger partial charge in [-0.25, -0.2) is 4.39 Å². The van der Waals surface area contributed by atoms with Gasteiger partial charge in [0.15, 0.2) is 0 Å². The van der Waals surface area contributed by atoms with E-state index in [-0.39, 0.29) is 13.2 Å². The van der Waals surface area contributed by atoms with Crippen molar-refractivity contribution >= 4 is 11.6 Å². The lowest BCUT2D eigenvalue weighted by molar-refractivity contribution is 0.274. The summed E-state index contributed by atoms with van der Waals surface area (Å²) in [5.41, 5.74) is 1.90. The van der Waals surface area contributed by atoms with Crippen molar-refractivity contribution in [2.75, 3.05) is 0 Å². The maximum atomic E-state index is 13.3. The zero-order valence-corrected chi connectivity index (χ0v) is 11.4. The first kappa shape index (κ1) is 13.8. The normalized spacial score (nSPS) is 10.8. The number of aliphatic hydroxyl groups is 1. The molecule has 1 heterocycles. The van der Waals surface area contributed by atoms with Crippen molar-refractivity contribution in [2.45, 2.75) is 20.1 Å². The van der Waals surface area contributed by atoms with E-state index < -0.39 is 5.82 Å². The third-order valence-corrected chi connectivity index (χ3v) is 3.24. The monoisotopic (exact) mass is 284 g/mol. The first-order valence-corrected chi connectivity index (χ1v) is 6.10. The number of nitrogens with zero attached hydrogens (tertiary/aromatic N) is 2. The number of halogens is 2. The first-order chi connectivity index (χ1) is 9.01. The van der Waals surface area contributed by atoms with E-state index in [1.165, 1.54) is 12.1 Å². The van der Waals surface area contributed by atoms with E-state index in [0.29, 0.717) is 22.0 Å². The minimum Gasteiger partial charge on any atom is -0.487 e. The van der Waals surface area contributed by atoms with Crippen molar-refractivity contribution in [3.8, 4) is 5.75 Å². The molecule has 0 bridgehead atoms. The molecular formula is C13H14ClFN2O2. The smallest absolute Gasteiger partial charge is 0.131 e. The summed E-state index contributed by atoms with van der Waals surface area (Å²) in [7, 11) is 1.77. The summed E-state index contributed by atoms with van der Waals surface area (Å²) in [5, 5.41) is 13.7. The molecule has 2 rings (SSSR count). The largest absolute Gasteiger partial charge is 0.487 e. The lowest BCUT2D eigenvalue weighted by Crippen LogP contribution is -2.04. The third-order valence-electron chi connectivity index (χ3n) is 2.75. The van der Waals surface area contributed by atoms with Crippen LogP contribution in [0.3, 0.4) is 0 Å². The number of aliphatic hydroxyl groups excluding tert-OH is 1. The molecule has 0 amide bonds. The van der Waals surface area contributed by atoms with Crippen molar-refractivity contribution in [1.29, 1.82) is 0 Å². The van der Waals surface area contributed by atoms with Crippen LogP contribution in [0.2, 0.25) is 5.02 Å². The summed E-state index contributed by atoms with van der Waals surface area (Å²) in [6, 6.07) is 4.10. The standard InChI is InChI=1S/C13H14ClFN2O2/c1-8-13(14)12(17(2)16-8)7-19-11-4-9(6-18)3-10(15)5-11/h3-5,18H,6-7H2,1-2H3. The molecule has 2 aromatic rings. The number of hydrogen-bond acceptors (Lipinski definition) is 3. The molecule has 0 spiro atoms. The van der Waals surface area contributed by atoms with Gasteiger partial charge in [-0.1, -0.05) is 11.6 Å². The van der Waals surface area contributed by atoms with E-state index in [4.69, 9.17) is 21.4 Å². The van der Waals surface area contributed by atoms with Gasteiger partial charge in [-0.3, -0.25) is 4.68 Å². The molecule has 1 aromatic heterocycles. The van der Waals surface area contributed by atoms with Crippen LogP contribution in [0.4, 0.5) is 4.39 Å². The Labute approximate surface area is 115 Å². The van der Waals surface area contributed by atoms with E-state index in [0.717, 1.165) is 5.69 Å². The van der Waals surface area contributed by atoms with Crippen LogP contribution < -0.4 is 4.74 Å². The molecule has 0 aliphatic rings. The van der Waals surface area contributed by atoms with Gasteiger partial charge in [-0.15, -0.1) is 0 Å². The Bertz CT molecular complexity index is 599. The highest BCUT2D eigenvalue weighted by Crippen LogP contribution is 2.22. The lowest BCUT2D eigenvalue weighted by atomic mass is 10.2. The van der Waals surface area contributed by atoms with Gasteiger partial charge >= 0.3 is 0 Å². The average Bonchev–Trinajstić information content (AvgIpc) is 2.60. The molecule has 0 unspecified atom stereocenters. The van der Waals surface area contributed by atoms with E-state index in [1.807, 2.05) is 0 Å². The van der Waals surface area contributed by atoms with Crippen molar-refractivity contribution in [3.63, 3.8) is 0 Å². The van der Waals surface area contributed by atoms with Gasteiger partial charge in [-0.05, 0) is 24.6 Å².